The summed E-state index contributed by atoms with van der Waals surface area (Å²) in [4.78, 5) is 22.8. The number of imide groups is 1. The van der Waals surface area contributed by atoms with E-state index in [1.807, 2.05) is 25.1 Å². The van der Waals surface area contributed by atoms with Crippen molar-refractivity contribution in [2.75, 3.05) is 0 Å². The molecule has 0 atom stereocenters. The van der Waals surface area contributed by atoms with E-state index in [-0.39, 0.29) is 11.8 Å². The first-order valence-corrected chi connectivity index (χ1v) is 4.89. The highest BCUT2D eigenvalue weighted by Gasteiger charge is 2.27. The summed E-state index contributed by atoms with van der Waals surface area (Å²) in [6.45, 7) is 2.02. The van der Waals surface area contributed by atoms with Crippen LogP contribution in [0.15, 0.2) is 24.3 Å². The molecule has 1 aromatic rings. The first kappa shape index (κ1) is 9.65. The Morgan fingerprint density at radius 1 is 1.27 bits per heavy atom. The molecule has 1 aliphatic rings. The van der Waals surface area contributed by atoms with Gasteiger partial charge in [0.1, 0.15) is 0 Å². The van der Waals surface area contributed by atoms with Crippen molar-refractivity contribution in [1.82, 2.24) is 5.32 Å². The van der Waals surface area contributed by atoms with E-state index < -0.39 is 0 Å². The van der Waals surface area contributed by atoms with Crippen LogP contribution in [0.4, 0.5) is 0 Å². The molecule has 0 unspecified atom stereocenters. The van der Waals surface area contributed by atoms with Crippen LogP contribution in [-0.4, -0.2) is 11.8 Å². The van der Waals surface area contributed by atoms with Crippen molar-refractivity contribution in [3.63, 3.8) is 0 Å². The van der Waals surface area contributed by atoms with Gasteiger partial charge < -0.3 is 0 Å². The first-order chi connectivity index (χ1) is 7.24. The Morgan fingerprint density at radius 3 is 2.80 bits per heavy atom. The van der Waals surface area contributed by atoms with Crippen LogP contribution in [0, 0.1) is 0 Å². The molecule has 0 aromatic heterocycles. The van der Waals surface area contributed by atoms with Crippen LogP contribution >= 0.6 is 0 Å². The van der Waals surface area contributed by atoms with E-state index in [0.29, 0.717) is 11.1 Å². The largest absolute Gasteiger partial charge is 0.288 e. The topological polar surface area (TPSA) is 46.2 Å². The molecule has 1 aliphatic heterocycles. The van der Waals surface area contributed by atoms with Crippen molar-refractivity contribution in [3.8, 4) is 0 Å². The lowest BCUT2D eigenvalue weighted by Gasteiger charge is -1.99. The van der Waals surface area contributed by atoms with Crippen molar-refractivity contribution in [1.29, 1.82) is 0 Å². The van der Waals surface area contributed by atoms with Gasteiger partial charge in [-0.25, -0.2) is 0 Å². The molecule has 0 spiro atoms. The fourth-order valence-electron chi connectivity index (χ4n) is 1.63. The lowest BCUT2D eigenvalue weighted by Crippen LogP contribution is -2.20. The number of carbonyl (C=O) groups is 2. The van der Waals surface area contributed by atoms with E-state index in [4.69, 9.17) is 0 Å². The Labute approximate surface area is 87.8 Å². The highest BCUT2D eigenvalue weighted by Crippen LogP contribution is 2.21. The molecule has 1 N–H and O–H groups in total. The number of benzene rings is 1. The zero-order valence-electron chi connectivity index (χ0n) is 8.41. The molecule has 3 heteroatoms. The second-order valence-electron chi connectivity index (χ2n) is 3.36. The van der Waals surface area contributed by atoms with E-state index in [9.17, 15) is 9.59 Å². The van der Waals surface area contributed by atoms with Crippen LogP contribution in [0.3, 0.4) is 0 Å². The van der Waals surface area contributed by atoms with Crippen molar-refractivity contribution in [2.24, 2.45) is 0 Å². The first-order valence-electron chi connectivity index (χ1n) is 4.89. The number of hydrogen-bond acceptors (Lipinski definition) is 2. The fraction of sp³-hybridized carbons (Fsp3) is 0.167. The highest BCUT2D eigenvalue weighted by atomic mass is 16.2. The Hall–Kier alpha value is -1.90. The number of amides is 2. The Balaban J connectivity index is 2.55. The summed E-state index contributed by atoms with van der Waals surface area (Å²) < 4.78 is 0. The number of hydrogen-bond donors (Lipinski definition) is 1. The van der Waals surface area contributed by atoms with Crippen LogP contribution < -0.4 is 5.32 Å². The molecule has 2 rings (SSSR count). The van der Waals surface area contributed by atoms with E-state index >= 15 is 0 Å². The summed E-state index contributed by atoms with van der Waals surface area (Å²) in [7, 11) is 0. The van der Waals surface area contributed by atoms with E-state index in [0.717, 1.165) is 12.0 Å². The molecule has 2 amide bonds. The molecule has 1 aromatic carbocycles. The molecule has 0 radical (unpaired) electrons. The third-order valence-electron chi connectivity index (χ3n) is 2.33. The van der Waals surface area contributed by atoms with Gasteiger partial charge in [0.15, 0.2) is 0 Å². The van der Waals surface area contributed by atoms with Crippen molar-refractivity contribution < 1.29 is 9.59 Å². The minimum absolute atomic E-state index is 0.300. The molecular weight excluding hydrogens is 190 g/mol. The maximum atomic E-state index is 11.5. The predicted octanol–water partition coefficient (Wildman–Crippen LogP) is 1.99. The number of nitrogens with one attached hydrogen (secondary N) is 1. The van der Waals surface area contributed by atoms with Crippen LogP contribution in [0.25, 0.3) is 6.08 Å². The zero-order chi connectivity index (χ0) is 10.8. The molecule has 3 nitrogen and oxygen atoms in total. The maximum absolute atomic E-state index is 11.5. The minimum Gasteiger partial charge on any atom is -0.288 e. The average molecular weight is 201 g/mol. The van der Waals surface area contributed by atoms with Gasteiger partial charge in [-0.1, -0.05) is 31.2 Å². The van der Waals surface area contributed by atoms with Crippen molar-refractivity contribution in [2.45, 2.75) is 13.3 Å². The van der Waals surface area contributed by atoms with Gasteiger partial charge >= 0.3 is 0 Å². The summed E-state index contributed by atoms with van der Waals surface area (Å²) in [6, 6.07) is 5.29. The third kappa shape index (κ3) is 1.56. The van der Waals surface area contributed by atoms with Crippen LogP contribution in [-0.2, 0) is 0 Å². The normalized spacial score (nSPS) is 14.5. The fourth-order valence-corrected chi connectivity index (χ4v) is 1.63. The van der Waals surface area contributed by atoms with Gasteiger partial charge in [-0.2, -0.15) is 0 Å². The van der Waals surface area contributed by atoms with Crippen molar-refractivity contribution >= 4 is 17.9 Å². The lowest BCUT2D eigenvalue weighted by molar-refractivity contribution is 0.0879. The summed E-state index contributed by atoms with van der Waals surface area (Å²) in [5, 5.41) is 2.29. The highest BCUT2D eigenvalue weighted by molar-refractivity contribution is 6.22. The molecule has 0 saturated heterocycles. The van der Waals surface area contributed by atoms with Gasteiger partial charge in [-0.05, 0) is 18.1 Å². The molecule has 1 heterocycles. The summed E-state index contributed by atoms with van der Waals surface area (Å²) in [5.74, 6) is -0.604. The molecular formula is C12H11NO2. The molecule has 0 saturated carbocycles. The molecule has 15 heavy (non-hydrogen) atoms. The average Bonchev–Trinajstić information content (AvgIpc) is 2.53. The van der Waals surface area contributed by atoms with Gasteiger partial charge in [0.05, 0.1) is 11.1 Å². The maximum Gasteiger partial charge on any atom is 0.259 e. The Bertz CT molecular complexity index is 461. The quantitative estimate of drug-likeness (QED) is 0.744. The van der Waals surface area contributed by atoms with Crippen molar-refractivity contribution in [3.05, 3.63) is 41.0 Å². The lowest BCUT2D eigenvalue weighted by atomic mass is 10.0. The van der Waals surface area contributed by atoms with Crippen LogP contribution in [0.1, 0.15) is 39.6 Å². The second-order valence-corrected chi connectivity index (χ2v) is 3.36. The van der Waals surface area contributed by atoms with Gasteiger partial charge in [0.2, 0.25) is 0 Å². The third-order valence-corrected chi connectivity index (χ3v) is 2.33. The minimum atomic E-state index is -0.304. The Kier molecular flexibility index (Phi) is 2.37. The monoisotopic (exact) mass is 201 g/mol. The van der Waals surface area contributed by atoms with Gasteiger partial charge in [0.25, 0.3) is 11.8 Å². The zero-order valence-corrected chi connectivity index (χ0v) is 8.41. The second kappa shape index (κ2) is 3.69. The summed E-state index contributed by atoms with van der Waals surface area (Å²) in [6.07, 6.45) is 4.74. The summed E-state index contributed by atoms with van der Waals surface area (Å²) in [5.41, 5.74) is 1.77. The standard InChI is InChI=1S/C12H11NO2/c1-2-3-5-8-6-4-7-9-10(8)12(15)13-11(9)14/h3-7H,2H2,1H3,(H,13,14,15). The van der Waals surface area contributed by atoms with Gasteiger partial charge in [-0.3, -0.25) is 14.9 Å². The molecule has 0 bridgehead atoms. The Morgan fingerprint density at radius 2 is 2.07 bits per heavy atom. The van der Waals surface area contributed by atoms with Gasteiger partial charge in [-0.15, -0.1) is 0 Å². The number of carbonyl (C=O) groups excluding carboxylic acids is 2. The van der Waals surface area contributed by atoms with E-state index in [1.54, 1.807) is 12.1 Å². The van der Waals surface area contributed by atoms with E-state index in [1.165, 1.54) is 0 Å². The SMILES string of the molecule is CCC=Cc1cccc2c1C(=O)NC2=O. The number of allylic oxidation sites excluding steroid dienone is 1. The van der Waals surface area contributed by atoms with E-state index in [2.05, 4.69) is 5.32 Å². The van der Waals surface area contributed by atoms with Gasteiger partial charge in [0, 0.05) is 0 Å². The number of rotatable bonds is 2. The van der Waals surface area contributed by atoms with Crippen LogP contribution in [0.5, 0.6) is 0 Å². The van der Waals surface area contributed by atoms with Crippen LogP contribution in [0.2, 0.25) is 0 Å². The molecule has 76 valence electrons. The number of fused-ring (bicyclic) bond motifs is 1. The molecule has 0 fully saturated rings. The molecule has 0 aliphatic carbocycles. The predicted molar refractivity (Wildman–Crippen MR) is 57.6 cm³/mol. The summed E-state index contributed by atoms with van der Waals surface area (Å²) >= 11 is 0. The smallest absolute Gasteiger partial charge is 0.259 e.